The van der Waals surface area contributed by atoms with Crippen LogP contribution in [0.2, 0.25) is 0 Å². The number of hydrogen-bond acceptors (Lipinski definition) is 5. The molecule has 0 heterocycles. The summed E-state index contributed by atoms with van der Waals surface area (Å²) in [6, 6.07) is 1.85. The van der Waals surface area contributed by atoms with Crippen molar-refractivity contribution in [1.82, 2.24) is 0 Å². The number of sulfone groups is 1. The van der Waals surface area contributed by atoms with E-state index in [1.54, 1.807) is 0 Å². The first-order valence-corrected chi connectivity index (χ1v) is 9.27. The second-order valence-corrected chi connectivity index (χ2v) is 7.89. The van der Waals surface area contributed by atoms with E-state index in [0.29, 0.717) is 31.2 Å². The minimum absolute atomic E-state index is 0.289. The molecule has 1 aromatic carbocycles. The van der Waals surface area contributed by atoms with Gasteiger partial charge in [-0.25, -0.2) is 8.42 Å². The van der Waals surface area contributed by atoms with Gasteiger partial charge in [0.25, 0.3) is 0 Å². The first-order chi connectivity index (χ1) is 11.5. The number of rotatable bonds is 6. The lowest BCUT2D eigenvalue weighted by atomic mass is 9.91. The van der Waals surface area contributed by atoms with Crippen LogP contribution in [0.4, 0.5) is 13.2 Å². The molecule has 1 saturated carbocycles. The van der Waals surface area contributed by atoms with Crippen LogP contribution in [-0.4, -0.2) is 39.5 Å². The Hall–Kier alpha value is -2.03. The third-order valence-electron chi connectivity index (χ3n) is 3.84. The molecule has 0 radical (unpaired) electrons. The molecule has 0 spiro atoms. The summed E-state index contributed by atoms with van der Waals surface area (Å²) in [6.07, 6.45) is -1.68. The average molecular weight is 375 g/mol. The minimum Gasteiger partial charge on any atom is -0.300 e. The van der Waals surface area contributed by atoms with Gasteiger partial charge in [0.2, 0.25) is 0 Å². The van der Waals surface area contributed by atoms with Crippen molar-refractivity contribution in [2.75, 3.05) is 13.3 Å². The number of alkyl halides is 3. The molecule has 1 aromatic rings. The molecule has 1 atom stereocenters. The Bertz CT molecular complexity index is 839. The topological polar surface area (TPSA) is 80.6 Å². The molecule has 25 heavy (non-hydrogen) atoms. The molecule has 0 amide bonds. The predicted molar refractivity (Wildman–Crippen MR) is 84.5 cm³/mol. The summed E-state index contributed by atoms with van der Waals surface area (Å²) in [7, 11) is -2.76. The predicted octanol–water partition coefficient (Wildman–Crippen LogP) is 2.59. The summed E-state index contributed by atoms with van der Waals surface area (Å²) < 4.78 is 62.4. The Balaban J connectivity index is 2.56. The highest BCUT2D eigenvalue weighted by molar-refractivity contribution is 7.90. The third-order valence-corrected chi connectivity index (χ3v) is 4.98. The quantitative estimate of drug-likeness (QED) is 0.435. The number of Topliss-reactive ketones (excluding diaryl/α,β-unsaturated/α-hetero) is 2. The number of aliphatic imine (C=N–C) groups is 1. The van der Waals surface area contributed by atoms with Crippen LogP contribution in [0.25, 0.3) is 0 Å². The van der Waals surface area contributed by atoms with Crippen molar-refractivity contribution in [2.45, 2.75) is 23.9 Å². The molecule has 1 aliphatic carbocycles. The maximum Gasteiger partial charge on any atom is 0.416 e. The van der Waals surface area contributed by atoms with Crippen molar-refractivity contribution in [2.24, 2.45) is 16.8 Å². The van der Waals surface area contributed by atoms with Crippen LogP contribution < -0.4 is 0 Å². The molecule has 0 bridgehead atoms. The van der Waals surface area contributed by atoms with Crippen LogP contribution in [0, 0.1) is 11.8 Å². The van der Waals surface area contributed by atoms with Crippen LogP contribution in [0.5, 0.6) is 0 Å². The zero-order valence-corrected chi connectivity index (χ0v) is 14.3. The highest BCUT2D eigenvalue weighted by Gasteiger charge is 2.39. The molecule has 0 N–H and O–H groups in total. The number of carbonyl (C=O) groups is 2. The Labute approximate surface area is 142 Å². The number of hydrogen-bond donors (Lipinski definition) is 0. The number of ketones is 2. The van der Waals surface area contributed by atoms with Crippen LogP contribution >= 0.6 is 0 Å². The molecule has 0 aliphatic heterocycles. The van der Waals surface area contributed by atoms with Gasteiger partial charge in [-0.15, -0.1) is 0 Å². The van der Waals surface area contributed by atoms with Gasteiger partial charge >= 0.3 is 6.18 Å². The fraction of sp³-hybridized carbons (Fsp3) is 0.438. The van der Waals surface area contributed by atoms with Crippen molar-refractivity contribution >= 4 is 27.6 Å². The van der Waals surface area contributed by atoms with E-state index in [-0.39, 0.29) is 5.92 Å². The van der Waals surface area contributed by atoms with Crippen LogP contribution in [0.1, 0.15) is 28.8 Å². The summed E-state index contributed by atoms with van der Waals surface area (Å²) >= 11 is 0. The molecule has 9 heteroatoms. The maximum atomic E-state index is 12.9. The van der Waals surface area contributed by atoms with Gasteiger partial charge in [0.1, 0.15) is 5.92 Å². The van der Waals surface area contributed by atoms with Gasteiger partial charge in [0.15, 0.2) is 21.4 Å². The first kappa shape index (κ1) is 19.3. The van der Waals surface area contributed by atoms with Crippen LogP contribution in [0.3, 0.4) is 0 Å². The van der Waals surface area contributed by atoms with Crippen molar-refractivity contribution in [3.63, 3.8) is 0 Å². The van der Waals surface area contributed by atoms with Gasteiger partial charge < -0.3 is 0 Å². The lowest BCUT2D eigenvalue weighted by Gasteiger charge is -2.15. The van der Waals surface area contributed by atoms with E-state index in [9.17, 15) is 31.2 Å². The highest BCUT2D eigenvalue weighted by Crippen LogP contribution is 2.35. The third kappa shape index (κ3) is 4.33. The molecule has 5 nitrogen and oxygen atoms in total. The average Bonchev–Trinajstić information content (AvgIpc) is 3.33. The SMILES string of the molecule is C/N=C/C(C(=O)c1ccc(C(F)(F)F)cc1S(C)(=O)=O)C(=O)C1CC1. The van der Waals surface area contributed by atoms with Gasteiger partial charge in [-0.05, 0) is 31.0 Å². The second kappa shape index (κ2) is 6.70. The second-order valence-electron chi connectivity index (χ2n) is 5.91. The summed E-state index contributed by atoms with van der Waals surface area (Å²) in [5.41, 5.74) is -1.62. The van der Waals surface area contributed by atoms with Crippen molar-refractivity contribution in [3.8, 4) is 0 Å². The Kier molecular flexibility index (Phi) is 5.17. The zero-order valence-electron chi connectivity index (χ0n) is 13.5. The smallest absolute Gasteiger partial charge is 0.300 e. The lowest BCUT2D eigenvalue weighted by molar-refractivity contribution is -0.137. The fourth-order valence-corrected chi connectivity index (χ4v) is 3.33. The number of carbonyl (C=O) groups excluding carboxylic acids is 2. The minimum atomic E-state index is -4.75. The maximum absolute atomic E-state index is 12.9. The molecule has 1 fully saturated rings. The first-order valence-electron chi connectivity index (χ1n) is 7.38. The van der Waals surface area contributed by atoms with E-state index in [4.69, 9.17) is 0 Å². The number of nitrogens with zero attached hydrogens (tertiary/aromatic N) is 1. The summed E-state index contributed by atoms with van der Waals surface area (Å²) in [5.74, 6) is -2.84. The molecule has 0 saturated heterocycles. The standard InChI is InChI=1S/C16H16F3NO4S/c1-20-8-12(14(21)9-3-4-9)15(22)11-6-5-10(16(17,18)19)7-13(11)25(2,23)24/h5-9,12H,3-4H2,1-2H3/b20-8+. The lowest BCUT2D eigenvalue weighted by Crippen LogP contribution is -2.28. The Morgan fingerprint density at radius 2 is 1.88 bits per heavy atom. The normalized spacial score (nSPS) is 16.8. The summed E-state index contributed by atoms with van der Waals surface area (Å²) in [6.45, 7) is 0. The van der Waals surface area contributed by atoms with Crippen molar-refractivity contribution in [1.29, 1.82) is 0 Å². The molecule has 1 aliphatic rings. The summed E-state index contributed by atoms with van der Waals surface area (Å²) in [5, 5.41) is 0. The molecular formula is C16H16F3NO4S. The molecule has 1 unspecified atom stereocenters. The van der Waals surface area contributed by atoms with Gasteiger partial charge in [0.05, 0.1) is 10.5 Å². The molecule has 136 valence electrons. The highest BCUT2D eigenvalue weighted by atomic mass is 32.2. The van der Waals surface area contributed by atoms with Crippen molar-refractivity contribution in [3.05, 3.63) is 29.3 Å². The van der Waals surface area contributed by atoms with E-state index in [2.05, 4.69) is 4.99 Å². The van der Waals surface area contributed by atoms with Gasteiger partial charge in [0, 0.05) is 31.0 Å². The Morgan fingerprint density at radius 1 is 1.28 bits per heavy atom. The van der Waals surface area contributed by atoms with Crippen molar-refractivity contribution < 1.29 is 31.2 Å². The van der Waals surface area contributed by atoms with Crippen LogP contribution in [-0.2, 0) is 20.8 Å². The monoisotopic (exact) mass is 375 g/mol. The largest absolute Gasteiger partial charge is 0.416 e. The van der Waals surface area contributed by atoms with E-state index < -0.39 is 49.5 Å². The Morgan fingerprint density at radius 3 is 2.32 bits per heavy atom. The molecular weight excluding hydrogens is 359 g/mol. The summed E-state index contributed by atoms with van der Waals surface area (Å²) in [4.78, 5) is 27.9. The number of halogens is 3. The van der Waals surface area contributed by atoms with E-state index in [1.807, 2.05) is 0 Å². The van der Waals surface area contributed by atoms with E-state index in [0.717, 1.165) is 12.3 Å². The van der Waals surface area contributed by atoms with Crippen LogP contribution in [0.15, 0.2) is 28.1 Å². The van der Waals surface area contributed by atoms with Gasteiger partial charge in [-0.3, -0.25) is 14.6 Å². The van der Waals surface area contributed by atoms with Gasteiger partial charge in [-0.1, -0.05) is 0 Å². The zero-order chi connectivity index (χ0) is 19.0. The van der Waals surface area contributed by atoms with E-state index >= 15 is 0 Å². The molecule has 0 aromatic heterocycles. The fourth-order valence-electron chi connectivity index (χ4n) is 2.42. The van der Waals surface area contributed by atoms with Gasteiger partial charge in [-0.2, -0.15) is 13.2 Å². The molecule has 2 rings (SSSR count). The number of benzene rings is 1. The van der Waals surface area contributed by atoms with E-state index in [1.165, 1.54) is 7.05 Å².